The zero-order valence-electron chi connectivity index (χ0n) is 14.0. The van der Waals surface area contributed by atoms with Crippen molar-refractivity contribution < 1.29 is 23.5 Å². The van der Waals surface area contributed by atoms with Gasteiger partial charge in [0, 0.05) is 0 Å². The molecule has 0 aliphatic carbocycles. The molecule has 2 aromatic carbocycles. The van der Waals surface area contributed by atoms with Crippen molar-refractivity contribution >= 4 is 46.4 Å². The second kappa shape index (κ2) is 8.28. The van der Waals surface area contributed by atoms with Crippen LogP contribution in [0.2, 0.25) is 0 Å². The van der Waals surface area contributed by atoms with Gasteiger partial charge in [0.1, 0.15) is 5.82 Å². The summed E-state index contributed by atoms with van der Waals surface area (Å²) in [6.07, 6.45) is 1.46. The average Bonchev–Trinajstić information content (AvgIpc) is 2.99. The number of esters is 1. The smallest absolute Gasteiger partial charge is 0.343 e. The number of halogens is 1. The van der Waals surface area contributed by atoms with Gasteiger partial charge in [0.25, 0.3) is 5.91 Å². The highest BCUT2D eigenvalue weighted by atomic mass is 32.2. The number of thioether (sulfide) groups is 1. The van der Waals surface area contributed by atoms with Gasteiger partial charge in [-0.25, -0.2) is 9.18 Å². The van der Waals surface area contributed by atoms with E-state index in [1.807, 2.05) is 0 Å². The molecule has 3 rings (SSSR count). The van der Waals surface area contributed by atoms with Crippen molar-refractivity contribution in [2.45, 2.75) is 0 Å². The van der Waals surface area contributed by atoms with Gasteiger partial charge in [-0.15, -0.1) is 0 Å². The lowest BCUT2D eigenvalue weighted by Crippen LogP contribution is -2.22. The molecule has 1 fully saturated rings. The Bertz CT molecular complexity index is 915. The molecule has 0 spiro atoms. The predicted octanol–water partition coefficient (Wildman–Crippen LogP) is 3.25. The van der Waals surface area contributed by atoms with Gasteiger partial charge in [-0.1, -0.05) is 24.0 Å². The molecule has 1 heterocycles. The van der Waals surface area contributed by atoms with E-state index < -0.39 is 11.8 Å². The van der Waals surface area contributed by atoms with Crippen LogP contribution in [-0.2, 0) is 4.79 Å². The molecular weight excluding hydrogens is 391 g/mol. The van der Waals surface area contributed by atoms with Gasteiger partial charge in [0.2, 0.25) is 0 Å². The van der Waals surface area contributed by atoms with Crippen LogP contribution >= 0.6 is 24.0 Å². The predicted molar refractivity (Wildman–Crippen MR) is 104 cm³/mol. The molecule has 138 valence electrons. The number of hydrogen-bond acceptors (Lipinski definition) is 7. The van der Waals surface area contributed by atoms with Gasteiger partial charge in [-0.2, -0.15) is 10.1 Å². The molecule has 0 radical (unpaired) electrons. The van der Waals surface area contributed by atoms with Crippen molar-refractivity contribution in [1.82, 2.24) is 5.01 Å². The molecule has 6 nitrogen and oxygen atoms in total. The summed E-state index contributed by atoms with van der Waals surface area (Å²) in [4.78, 5) is 23.8. The second-order valence-electron chi connectivity index (χ2n) is 5.31. The lowest BCUT2D eigenvalue weighted by Gasteiger charge is -2.10. The fourth-order valence-electron chi connectivity index (χ4n) is 2.18. The van der Waals surface area contributed by atoms with Crippen LogP contribution in [0.1, 0.15) is 15.9 Å². The fourth-order valence-corrected chi connectivity index (χ4v) is 3.14. The summed E-state index contributed by atoms with van der Waals surface area (Å²) >= 11 is 6.31. The van der Waals surface area contributed by atoms with Crippen molar-refractivity contribution in [1.29, 1.82) is 0 Å². The Hall–Kier alpha value is -2.78. The molecule has 0 N–H and O–H groups in total. The highest BCUT2D eigenvalue weighted by molar-refractivity contribution is 8.23. The molecule has 1 saturated heterocycles. The number of hydrazone groups is 1. The summed E-state index contributed by atoms with van der Waals surface area (Å²) in [5, 5.41) is 5.24. The van der Waals surface area contributed by atoms with Crippen LogP contribution in [0.3, 0.4) is 0 Å². The molecule has 27 heavy (non-hydrogen) atoms. The van der Waals surface area contributed by atoms with Gasteiger partial charge >= 0.3 is 5.97 Å². The number of hydrogen-bond donors (Lipinski definition) is 0. The number of methoxy groups -OCH3 is 1. The van der Waals surface area contributed by atoms with Gasteiger partial charge < -0.3 is 9.47 Å². The van der Waals surface area contributed by atoms with Crippen LogP contribution in [0.4, 0.5) is 4.39 Å². The van der Waals surface area contributed by atoms with E-state index in [1.54, 1.807) is 18.2 Å². The number of amides is 1. The molecule has 0 unspecified atom stereocenters. The van der Waals surface area contributed by atoms with Gasteiger partial charge in [0.05, 0.1) is 24.6 Å². The van der Waals surface area contributed by atoms with Gasteiger partial charge in [-0.05, 0) is 48.0 Å². The Kier molecular flexibility index (Phi) is 5.82. The summed E-state index contributed by atoms with van der Waals surface area (Å²) in [5.41, 5.74) is 0.837. The largest absolute Gasteiger partial charge is 0.493 e. The fraction of sp³-hybridized carbons (Fsp3) is 0.111. The van der Waals surface area contributed by atoms with Crippen molar-refractivity contribution in [2.75, 3.05) is 12.9 Å². The third-order valence-electron chi connectivity index (χ3n) is 3.52. The first kappa shape index (κ1) is 19.0. The third kappa shape index (κ3) is 4.50. The minimum Gasteiger partial charge on any atom is -0.493 e. The first-order chi connectivity index (χ1) is 13.0. The van der Waals surface area contributed by atoms with Crippen molar-refractivity contribution in [3.63, 3.8) is 0 Å². The summed E-state index contributed by atoms with van der Waals surface area (Å²) < 4.78 is 23.9. The van der Waals surface area contributed by atoms with Crippen LogP contribution in [0.25, 0.3) is 0 Å². The van der Waals surface area contributed by atoms with Crippen LogP contribution in [-0.4, -0.2) is 40.3 Å². The van der Waals surface area contributed by atoms with Crippen molar-refractivity contribution in [3.8, 4) is 11.5 Å². The molecule has 0 bridgehead atoms. The SMILES string of the molecule is COc1cc(C=NN2C(=O)CSC2=S)ccc1OC(=O)c1ccc(F)cc1. The minimum absolute atomic E-state index is 0.182. The zero-order valence-corrected chi connectivity index (χ0v) is 15.7. The van der Waals surface area contributed by atoms with Crippen molar-refractivity contribution in [3.05, 3.63) is 59.4 Å². The maximum atomic E-state index is 13.0. The zero-order chi connectivity index (χ0) is 19.4. The average molecular weight is 404 g/mol. The molecule has 1 aliphatic rings. The molecular formula is C18H13FN2O4S2. The number of carbonyl (C=O) groups is 2. The van der Waals surface area contributed by atoms with E-state index in [-0.39, 0.29) is 23.0 Å². The number of carbonyl (C=O) groups excluding carboxylic acids is 2. The van der Waals surface area contributed by atoms with E-state index in [0.717, 1.165) is 5.01 Å². The highest BCUT2D eigenvalue weighted by Crippen LogP contribution is 2.28. The second-order valence-corrected chi connectivity index (χ2v) is 6.92. The summed E-state index contributed by atoms with van der Waals surface area (Å²) in [6, 6.07) is 9.81. The van der Waals surface area contributed by atoms with Crippen molar-refractivity contribution in [2.24, 2.45) is 5.10 Å². The summed E-state index contributed by atoms with van der Waals surface area (Å²) in [6.45, 7) is 0. The standard InChI is InChI=1S/C18H13FN2O4S2/c1-24-15-8-11(9-20-21-16(22)10-27-18(21)26)2-7-14(15)25-17(23)12-3-5-13(19)6-4-12/h2-9H,10H2,1H3. The molecule has 0 aromatic heterocycles. The first-order valence-corrected chi connectivity index (χ1v) is 9.07. The minimum atomic E-state index is -0.639. The maximum Gasteiger partial charge on any atom is 0.343 e. The lowest BCUT2D eigenvalue weighted by molar-refractivity contribution is -0.124. The number of rotatable bonds is 5. The Balaban J connectivity index is 1.76. The van der Waals surface area contributed by atoms with Crippen LogP contribution in [0.15, 0.2) is 47.6 Å². The Morgan fingerprint density at radius 1 is 1.26 bits per heavy atom. The topological polar surface area (TPSA) is 68.2 Å². The Labute approximate surface area is 163 Å². The number of thiocarbonyl (C=S) groups is 1. The highest BCUT2D eigenvalue weighted by Gasteiger charge is 2.26. The van der Waals surface area contributed by atoms with E-state index in [0.29, 0.717) is 15.6 Å². The Morgan fingerprint density at radius 3 is 2.63 bits per heavy atom. The quantitative estimate of drug-likeness (QED) is 0.330. The van der Waals surface area contributed by atoms with E-state index in [9.17, 15) is 14.0 Å². The van der Waals surface area contributed by atoms with E-state index >= 15 is 0 Å². The molecule has 0 saturated carbocycles. The monoisotopic (exact) mass is 404 g/mol. The number of ether oxygens (including phenoxy) is 2. The number of benzene rings is 2. The molecule has 9 heteroatoms. The molecule has 1 amide bonds. The van der Waals surface area contributed by atoms with Crippen LogP contribution < -0.4 is 9.47 Å². The number of nitrogens with zero attached hydrogens (tertiary/aromatic N) is 2. The van der Waals surface area contributed by atoms with Gasteiger partial charge in [0.15, 0.2) is 15.8 Å². The Morgan fingerprint density at radius 2 is 2.00 bits per heavy atom. The van der Waals surface area contributed by atoms with Crippen LogP contribution in [0.5, 0.6) is 11.5 Å². The molecule has 2 aromatic rings. The van der Waals surface area contributed by atoms with E-state index in [4.69, 9.17) is 21.7 Å². The summed E-state index contributed by atoms with van der Waals surface area (Å²) in [5.74, 6) is -0.482. The normalized spacial score (nSPS) is 14.1. The summed E-state index contributed by atoms with van der Waals surface area (Å²) in [7, 11) is 1.43. The van der Waals surface area contributed by atoms with Gasteiger partial charge in [-0.3, -0.25) is 4.79 Å². The van der Waals surface area contributed by atoms with E-state index in [2.05, 4.69) is 5.10 Å². The first-order valence-electron chi connectivity index (χ1n) is 7.67. The van der Waals surface area contributed by atoms with Crippen LogP contribution in [0, 0.1) is 5.82 Å². The lowest BCUT2D eigenvalue weighted by atomic mass is 10.2. The van der Waals surface area contributed by atoms with E-state index in [1.165, 1.54) is 49.4 Å². The molecule has 1 aliphatic heterocycles. The third-order valence-corrected chi connectivity index (χ3v) is 4.86. The molecule has 0 atom stereocenters. The maximum absolute atomic E-state index is 13.0.